The molecule has 0 unspecified atom stereocenters. The lowest BCUT2D eigenvalue weighted by Crippen LogP contribution is -1.95. The fourth-order valence-electron chi connectivity index (χ4n) is 1.29. The summed E-state index contributed by atoms with van der Waals surface area (Å²) in [4.78, 5) is 14.8. The SMILES string of the molecule is CC(=O)CCCc1cnccc1C. The molecule has 0 N–H and O–H groups in total. The van der Waals surface area contributed by atoms with Gasteiger partial charge in [0.15, 0.2) is 0 Å². The minimum Gasteiger partial charge on any atom is -0.300 e. The molecule has 0 aromatic carbocycles. The molecule has 2 nitrogen and oxygen atoms in total. The number of Topliss-reactive ketones (excluding diaryl/α,β-unsaturated/α-hetero) is 1. The Hall–Kier alpha value is -1.18. The Morgan fingerprint density at radius 3 is 2.92 bits per heavy atom. The molecule has 0 saturated heterocycles. The van der Waals surface area contributed by atoms with Gasteiger partial charge in [0.2, 0.25) is 0 Å². The fraction of sp³-hybridized carbons (Fsp3) is 0.455. The molecule has 1 rings (SSSR count). The van der Waals surface area contributed by atoms with E-state index in [9.17, 15) is 4.79 Å². The maximum absolute atomic E-state index is 10.7. The molecular formula is C11H15NO. The minimum atomic E-state index is 0.265. The first-order valence-corrected chi connectivity index (χ1v) is 4.59. The molecule has 0 aliphatic carbocycles. The summed E-state index contributed by atoms with van der Waals surface area (Å²) in [5, 5.41) is 0. The summed E-state index contributed by atoms with van der Waals surface area (Å²) >= 11 is 0. The summed E-state index contributed by atoms with van der Waals surface area (Å²) in [5.74, 6) is 0.265. The van der Waals surface area contributed by atoms with Crippen LogP contribution in [0.2, 0.25) is 0 Å². The first-order chi connectivity index (χ1) is 6.20. The third kappa shape index (κ3) is 3.36. The van der Waals surface area contributed by atoms with E-state index in [0.717, 1.165) is 12.8 Å². The van der Waals surface area contributed by atoms with Crippen LogP contribution in [0.1, 0.15) is 30.9 Å². The first-order valence-electron chi connectivity index (χ1n) is 4.59. The van der Waals surface area contributed by atoms with Crippen LogP contribution in [0.3, 0.4) is 0 Å². The predicted molar refractivity (Wildman–Crippen MR) is 52.6 cm³/mol. The summed E-state index contributed by atoms with van der Waals surface area (Å²) in [6, 6.07) is 2.00. The van der Waals surface area contributed by atoms with Crippen molar-refractivity contribution >= 4 is 5.78 Å². The summed E-state index contributed by atoms with van der Waals surface area (Å²) in [5.41, 5.74) is 2.52. The third-order valence-corrected chi connectivity index (χ3v) is 2.12. The molecule has 0 aliphatic rings. The molecule has 13 heavy (non-hydrogen) atoms. The number of aromatic nitrogens is 1. The van der Waals surface area contributed by atoms with Crippen LogP contribution in [0, 0.1) is 6.92 Å². The molecule has 0 radical (unpaired) electrons. The molecule has 0 atom stereocenters. The van der Waals surface area contributed by atoms with E-state index in [1.807, 2.05) is 12.3 Å². The highest BCUT2D eigenvalue weighted by atomic mass is 16.1. The minimum absolute atomic E-state index is 0.265. The average Bonchev–Trinajstić information content (AvgIpc) is 2.08. The molecule has 0 aliphatic heterocycles. The highest BCUT2D eigenvalue weighted by Gasteiger charge is 1.98. The van der Waals surface area contributed by atoms with Crippen molar-refractivity contribution in [1.29, 1.82) is 0 Å². The van der Waals surface area contributed by atoms with Gasteiger partial charge in [0.25, 0.3) is 0 Å². The normalized spacial score (nSPS) is 10.0. The Bertz CT molecular complexity index is 294. The lowest BCUT2D eigenvalue weighted by atomic mass is 10.0. The molecule has 70 valence electrons. The highest BCUT2D eigenvalue weighted by molar-refractivity contribution is 5.75. The fourth-order valence-corrected chi connectivity index (χ4v) is 1.29. The largest absolute Gasteiger partial charge is 0.300 e. The maximum Gasteiger partial charge on any atom is 0.129 e. The van der Waals surface area contributed by atoms with Crippen LogP contribution in [0.25, 0.3) is 0 Å². The lowest BCUT2D eigenvalue weighted by molar-refractivity contribution is -0.117. The Labute approximate surface area is 79.0 Å². The van der Waals surface area contributed by atoms with E-state index >= 15 is 0 Å². The van der Waals surface area contributed by atoms with Gasteiger partial charge in [0.05, 0.1) is 0 Å². The summed E-state index contributed by atoms with van der Waals surface area (Å²) in [6.07, 6.45) is 6.24. The third-order valence-electron chi connectivity index (χ3n) is 2.12. The zero-order chi connectivity index (χ0) is 9.68. The maximum atomic E-state index is 10.7. The molecular weight excluding hydrogens is 162 g/mol. The van der Waals surface area contributed by atoms with Gasteiger partial charge < -0.3 is 4.79 Å². The molecule has 0 spiro atoms. The number of aryl methyl sites for hydroxylation is 2. The van der Waals surface area contributed by atoms with E-state index in [4.69, 9.17) is 0 Å². The molecule has 1 aromatic heterocycles. The van der Waals surface area contributed by atoms with E-state index in [0.29, 0.717) is 6.42 Å². The van der Waals surface area contributed by atoms with Gasteiger partial charge in [0.1, 0.15) is 5.78 Å². The number of ketones is 1. The number of rotatable bonds is 4. The Kier molecular flexibility index (Phi) is 3.62. The van der Waals surface area contributed by atoms with Crippen LogP contribution in [-0.4, -0.2) is 10.8 Å². The standard InChI is InChI=1S/C11H15NO/c1-9-6-7-12-8-11(9)5-3-4-10(2)13/h6-8H,3-5H2,1-2H3. The molecule has 0 amide bonds. The van der Waals surface area contributed by atoms with Crippen LogP contribution in [-0.2, 0) is 11.2 Å². The monoisotopic (exact) mass is 177 g/mol. The molecule has 1 aromatic rings. The predicted octanol–water partition coefficient (Wildman–Crippen LogP) is 2.30. The first kappa shape index (κ1) is 9.90. The topological polar surface area (TPSA) is 30.0 Å². The molecule has 0 saturated carbocycles. The van der Waals surface area contributed by atoms with Crippen LogP contribution in [0.4, 0.5) is 0 Å². The Morgan fingerprint density at radius 2 is 2.31 bits per heavy atom. The van der Waals surface area contributed by atoms with Crippen LogP contribution in [0.5, 0.6) is 0 Å². The van der Waals surface area contributed by atoms with Crippen molar-refractivity contribution < 1.29 is 4.79 Å². The zero-order valence-corrected chi connectivity index (χ0v) is 8.21. The smallest absolute Gasteiger partial charge is 0.129 e. The van der Waals surface area contributed by atoms with E-state index in [2.05, 4.69) is 11.9 Å². The van der Waals surface area contributed by atoms with E-state index in [-0.39, 0.29) is 5.78 Å². The van der Waals surface area contributed by atoms with Crippen LogP contribution >= 0.6 is 0 Å². The van der Waals surface area contributed by atoms with Crippen molar-refractivity contribution in [1.82, 2.24) is 4.98 Å². The number of hydrogen-bond acceptors (Lipinski definition) is 2. The summed E-state index contributed by atoms with van der Waals surface area (Å²) in [7, 11) is 0. The van der Waals surface area contributed by atoms with Crippen molar-refractivity contribution in [3.8, 4) is 0 Å². The van der Waals surface area contributed by atoms with Crippen molar-refractivity contribution in [2.24, 2.45) is 0 Å². The summed E-state index contributed by atoms with van der Waals surface area (Å²) < 4.78 is 0. The van der Waals surface area contributed by atoms with Gasteiger partial charge in [-0.2, -0.15) is 0 Å². The van der Waals surface area contributed by atoms with Crippen LogP contribution in [0.15, 0.2) is 18.5 Å². The van der Waals surface area contributed by atoms with Gasteiger partial charge in [-0.25, -0.2) is 0 Å². The Morgan fingerprint density at radius 1 is 1.54 bits per heavy atom. The zero-order valence-electron chi connectivity index (χ0n) is 8.21. The number of nitrogens with zero attached hydrogens (tertiary/aromatic N) is 1. The number of hydrogen-bond donors (Lipinski definition) is 0. The second-order valence-corrected chi connectivity index (χ2v) is 3.36. The van der Waals surface area contributed by atoms with E-state index < -0.39 is 0 Å². The number of carbonyl (C=O) groups is 1. The van der Waals surface area contributed by atoms with Crippen molar-refractivity contribution in [3.05, 3.63) is 29.6 Å². The molecule has 0 bridgehead atoms. The van der Waals surface area contributed by atoms with Gasteiger partial charge in [-0.05, 0) is 43.9 Å². The Balaban J connectivity index is 2.45. The van der Waals surface area contributed by atoms with Crippen molar-refractivity contribution in [2.75, 3.05) is 0 Å². The van der Waals surface area contributed by atoms with E-state index in [1.165, 1.54) is 11.1 Å². The van der Waals surface area contributed by atoms with Crippen molar-refractivity contribution in [3.63, 3.8) is 0 Å². The second-order valence-electron chi connectivity index (χ2n) is 3.36. The van der Waals surface area contributed by atoms with Gasteiger partial charge >= 0.3 is 0 Å². The van der Waals surface area contributed by atoms with Crippen LogP contribution < -0.4 is 0 Å². The molecule has 2 heteroatoms. The van der Waals surface area contributed by atoms with Gasteiger partial charge in [-0.1, -0.05) is 0 Å². The molecule has 0 fully saturated rings. The number of carbonyl (C=O) groups excluding carboxylic acids is 1. The average molecular weight is 177 g/mol. The molecule has 1 heterocycles. The van der Waals surface area contributed by atoms with Gasteiger partial charge in [-0.3, -0.25) is 4.98 Å². The quantitative estimate of drug-likeness (QED) is 0.706. The van der Waals surface area contributed by atoms with E-state index in [1.54, 1.807) is 13.1 Å². The van der Waals surface area contributed by atoms with Crippen molar-refractivity contribution in [2.45, 2.75) is 33.1 Å². The van der Waals surface area contributed by atoms with Gasteiger partial charge in [0, 0.05) is 18.8 Å². The second kappa shape index (κ2) is 4.75. The highest BCUT2D eigenvalue weighted by Crippen LogP contribution is 2.08. The lowest BCUT2D eigenvalue weighted by Gasteiger charge is -2.02. The summed E-state index contributed by atoms with van der Waals surface area (Å²) in [6.45, 7) is 3.71. The number of pyridine rings is 1. The van der Waals surface area contributed by atoms with Gasteiger partial charge in [-0.15, -0.1) is 0 Å².